The van der Waals surface area contributed by atoms with Crippen LogP contribution in [-0.2, 0) is 13.5 Å². The second-order valence-corrected chi connectivity index (χ2v) is 5.76. The van der Waals surface area contributed by atoms with Crippen LogP contribution in [0.15, 0.2) is 0 Å². The number of anilines is 1. The van der Waals surface area contributed by atoms with Gasteiger partial charge in [0.1, 0.15) is 5.52 Å². The van der Waals surface area contributed by atoms with Gasteiger partial charge in [-0.3, -0.25) is 9.25 Å². The Balaban J connectivity index is 2.49. The summed E-state index contributed by atoms with van der Waals surface area (Å²) in [6.45, 7) is 6.44. The monoisotopic (exact) mass is 267 g/mol. The van der Waals surface area contributed by atoms with Crippen molar-refractivity contribution in [3.63, 3.8) is 0 Å². The first-order chi connectivity index (χ1) is 8.60. The van der Waals surface area contributed by atoms with E-state index in [0.29, 0.717) is 12.0 Å². The van der Waals surface area contributed by atoms with Gasteiger partial charge in [0.25, 0.3) is 0 Å². The normalized spacial score (nSPS) is 13.3. The molecule has 2 N–H and O–H groups in total. The fraction of sp³-hybridized carbons (Fsp3) is 0.667. The zero-order valence-corrected chi connectivity index (χ0v) is 12.3. The van der Waals surface area contributed by atoms with Crippen LogP contribution in [0.2, 0.25) is 0 Å². The van der Waals surface area contributed by atoms with Crippen LogP contribution in [0, 0.1) is 0 Å². The molecular weight excluding hydrogens is 246 g/mol. The molecule has 0 spiro atoms. The topological polar surface area (TPSA) is 61.7 Å². The number of nitrogens with two attached hydrogens (primary N) is 1. The van der Waals surface area contributed by atoms with Gasteiger partial charge in [-0.05, 0) is 19.1 Å². The van der Waals surface area contributed by atoms with Crippen molar-refractivity contribution in [3.05, 3.63) is 5.69 Å². The van der Waals surface area contributed by atoms with Crippen molar-refractivity contribution in [2.45, 2.75) is 33.2 Å². The summed E-state index contributed by atoms with van der Waals surface area (Å²) in [5, 5.41) is 4.50. The van der Waals surface area contributed by atoms with Crippen molar-refractivity contribution in [2.24, 2.45) is 7.05 Å². The van der Waals surface area contributed by atoms with Crippen molar-refractivity contribution in [1.82, 2.24) is 19.3 Å². The summed E-state index contributed by atoms with van der Waals surface area (Å²) in [4.78, 5) is 4.48. The van der Waals surface area contributed by atoms with Gasteiger partial charge in [-0.1, -0.05) is 13.8 Å². The van der Waals surface area contributed by atoms with Gasteiger partial charge in [-0.15, -0.1) is 0 Å². The van der Waals surface area contributed by atoms with E-state index in [1.165, 1.54) is 0 Å². The maximum absolute atomic E-state index is 6.06. The molecule has 2 aromatic heterocycles. The molecule has 5 nitrogen and oxygen atoms in total. The highest BCUT2D eigenvalue weighted by Gasteiger charge is 2.20. The molecule has 0 saturated heterocycles. The highest BCUT2D eigenvalue weighted by Crippen LogP contribution is 2.26. The summed E-state index contributed by atoms with van der Waals surface area (Å²) in [6, 6.07) is 0.333. The first-order valence-corrected chi connectivity index (χ1v) is 7.52. The second-order valence-electron chi connectivity index (χ2n) is 4.44. The lowest BCUT2D eigenvalue weighted by Crippen LogP contribution is -2.13. The van der Waals surface area contributed by atoms with Crippen molar-refractivity contribution in [3.8, 4) is 0 Å². The Kier molecular flexibility index (Phi) is 3.85. The molecule has 0 fully saturated rings. The lowest BCUT2D eigenvalue weighted by atomic mass is 10.3. The van der Waals surface area contributed by atoms with Crippen LogP contribution in [-0.4, -0.2) is 30.8 Å². The molecule has 0 bridgehead atoms. The Morgan fingerprint density at radius 2 is 2.11 bits per heavy atom. The van der Waals surface area contributed by atoms with Gasteiger partial charge in [-0.2, -0.15) is 16.9 Å². The Bertz CT molecular complexity index is 542. The van der Waals surface area contributed by atoms with Crippen molar-refractivity contribution in [2.75, 3.05) is 17.2 Å². The Hall–Kier alpha value is -1.17. The lowest BCUT2D eigenvalue weighted by Gasteiger charge is -2.15. The van der Waals surface area contributed by atoms with Crippen molar-refractivity contribution < 1.29 is 0 Å². The molecule has 6 heteroatoms. The Morgan fingerprint density at radius 3 is 2.72 bits per heavy atom. The van der Waals surface area contributed by atoms with Crippen LogP contribution < -0.4 is 5.73 Å². The third-order valence-corrected chi connectivity index (χ3v) is 4.23. The smallest absolute Gasteiger partial charge is 0.202 e. The second kappa shape index (κ2) is 5.22. The minimum atomic E-state index is 0.333. The molecule has 0 amide bonds. The molecule has 0 aliphatic carbocycles. The molecule has 1 unspecified atom stereocenters. The van der Waals surface area contributed by atoms with Gasteiger partial charge in [0, 0.05) is 18.8 Å². The van der Waals surface area contributed by atoms with E-state index < -0.39 is 0 Å². The van der Waals surface area contributed by atoms with E-state index in [2.05, 4.69) is 35.4 Å². The minimum Gasteiger partial charge on any atom is -0.369 e. The molecule has 2 aromatic rings. The predicted molar refractivity (Wildman–Crippen MR) is 78.0 cm³/mol. The first-order valence-electron chi connectivity index (χ1n) is 6.37. The number of imidazole rings is 1. The number of hydrogen-bond acceptors (Lipinski definition) is 4. The molecule has 1 atom stereocenters. The molecule has 100 valence electrons. The fourth-order valence-corrected chi connectivity index (χ4v) is 2.98. The van der Waals surface area contributed by atoms with Crippen LogP contribution >= 0.6 is 11.8 Å². The molecule has 0 radical (unpaired) electrons. The van der Waals surface area contributed by atoms with Crippen LogP contribution in [0.4, 0.5) is 5.95 Å². The molecule has 2 rings (SSSR count). The molecule has 0 aliphatic heterocycles. The van der Waals surface area contributed by atoms with Crippen molar-refractivity contribution in [1.29, 1.82) is 0 Å². The highest BCUT2D eigenvalue weighted by atomic mass is 32.2. The number of thioether (sulfide) groups is 1. The van der Waals surface area contributed by atoms with Gasteiger partial charge in [0.05, 0.1) is 5.69 Å². The lowest BCUT2D eigenvalue weighted by molar-refractivity contribution is 0.611. The maximum Gasteiger partial charge on any atom is 0.202 e. The summed E-state index contributed by atoms with van der Waals surface area (Å²) in [7, 11) is 1.96. The summed E-state index contributed by atoms with van der Waals surface area (Å²) < 4.78 is 3.99. The van der Waals surface area contributed by atoms with Gasteiger partial charge in [0.15, 0.2) is 5.65 Å². The van der Waals surface area contributed by atoms with Crippen LogP contribution in [0.5, 0.6) is 0 Å². The number of aryl methyl sites for hydroxylation is 2. The van der Waals surface area contributed by atoms with E-state index in [-0.39, 0.29) is 0 Å². The first kappa shape index (κ1) is 13.3. The Morgan fingerprint density at radius 1 is 1.39 bits per heavy atom. The van der Waals surface area contributed by atoms with E-state index in [1.54, 1.807) is 0 Å². The summed E-state index contributed by atoms with van der Waals surface area (Å²) in [5.41, 5.74) is 9.07. The number of rotatable bonds is 5. The molecule has 0 saturated carbocycles. The maximum atomic E-state index is 6.06. The van der Waals surface area contributed by atoms with Gasteiger partial charge in [0.2, 0.25) is 5.95 Å². The zero-order valence-electron chi connectivity index (χ0n) is 11.5. The number of nitrogen functional groups attached to an aromatic ring is 1. The van der Waals surface area contributed by atoms with Crippen LogP contribution in [0.25, 0.3) is 11.2 Å². The molecular formula is C12H21N5S. The van der Waals surface area contributed by atoms with E-state index in [4.69, 9.17) is 5.73 Å². The van der Waals surface area contributed by atoms with Gasteiger partial charge < -0.3 is 5.73 Å². The number of aromatic nitrogens is 4. The molecule has 0 aromatic carbocycles. The highest BCUT2D eigenvalue weighted by molar-refractivity contribution is 7.99. The third-order valence-electron chi connectivity index (χ3n) is 3.10. The molecule has 18 heavy (non-hydrogen) atoms. The van der Waals surface area contributed by atoms with E-state index in [0.717, 1.165) is 34.8 Å². The van der Waals surface area contributed by atoms with Crippen LogP contribution in [0.1, 0.15) is 32.5 Å². The summed E-state index contributed by atoms with van der Waals surface area (Å²) in [6.07, 6.45) is 0.881. The average Bonchev–Trinajstić information content (AvgIpc) is 2.83. The van der Waals surface area contributed by atoms with Gasteiger partial charge >= 0.3 is 0 Å². The predicted octanol–water partition coefficient (Wildman–Crippen LogP) is 2.23. The third kappa shape index (κ3) is 2.09. The Labute approximate surface area is 112 Å². The van der Waals surface area contributed by atoms with E-state index in [1.807, 2.05) is 23.5 Å². The SMILES string of the molecule is CCSCC(C)n1c(N)nc2c(CC)nn(C)c21. The zero-order chi connectivity index (χ0) is 13.3. The number of nitrogens with zero attached hydrogens (tertiary/aromatic N) is 4. The van der Waals surface area contributed by atoms with Crippen LogP contribution in [0.3, 0.4) is 0 Å². The quantitative estimate of drug-likeness (QED) is 0.902. The summed E-state index contributed by atoms with van der Waals surface area (Å²) >= 11 is 1.92. The summed E-state index contributed by atoms with van der Waals surface area (Å²) in [5.74, 6) is 2.75. The van der Waals surface area contributed by atoms with E-state index in [9.17, 15) is 0 Å². The molecule has 2 heterocycles. The number of fused-ring (bicyclic) bond motifs is 1. The fourth-order valence-electron chi connectivity index (χ4n) is 2.26. The van der Waals surface area contributed by atoms with E-state index >= 15 is 0 Å². The van der Waals surface area contributed by atoms with Crippen molar-refractivity contribution >= 4 is 28.9 Å². The van der Waals surface area contributed by atoms with Gasteiger partial charge in [-0.25, -0.2) is 4.98 Å². The average molecular weight is 267 g/mol. The standard InChI is InChI=1S/C12H21N5S/c1-5-9-10-11(16(4)15-9)17(12(13)14-10)8(3)7-18-6-2/h8H,5-7H2,1-4H3,(H2,13,14). The minimum absolute atomic E-state index is 0.333. The molecule has 0 aliphatic rings. The largest absolute Gasteiger partial charge is 0.369 e. The number of hydrogen-bond donors (Lipinski definition) is 1.